The van der Waals surface area contributed by atoms with Crippen molar-refractivity contribution in [3.8, 4) is 0 Å². The minimum Gasteiger partial charge on any atom is -0.330 e. The van der Waals surface area contributed by atoms with Gasteiger partial charge in [0, 0.05) is 16.3 Å². The summed E-state index contributed by atoms with van der Waals surface area (Å²) in [6.45, 7) is 0.559. The van der Waals surface area contributed by atoms with Crippen LogP contribution >= 0.6 is 38.6 Å². The smallest absolute Gasteiger partial charge is 0.223 e. The summed E-state index contributed by atoms with van der Waals surface area (Å²) < 4.78 is 0.830. The molecule has 2 aromatic rings. The van der Waals surface area contributed by atoms with Gasteiger partial charge in [0.1, 0.15) is 5.69 Å². The minimum atomic E-state index is -0.0265. The predicted molar refractivity (Wildman–Crippen MR) is 70.3 cm³/mol. The number of hydrogen-bond acceptors (Lipinski definition) is 5. The Morgan fingerprint density at radius 2 is 2.31 bits per heavy atom. The summed E-state index contributed by atoms with van der Waals surface area (Å²) >= 11 is 6.25. The highest BCUT2D eigenvalue weighted by molar-refractivity contribution is 9.10. The fraction of sp³-hybridized carbons (Fsp3) is 0.200. The van der Waals surface area contributed by atoms with Crippen LogP contribution in [-0.4, -0.2) is 17.3 Å². The van der Waals surface area contributed by atoms with E-state index < -0.39 is 0 Å². The number of ketones is 1. The van der Waals surface area contributed by atoms with Crippen molar-refractivity contribution >= 4 is 44.4 Å². The molecule has 6 heteroatoms. The van der Waals surface area contributed by atoms with Gasteiger partial charge in [-0.2, -0.15) is 0 Å². The monoisotopic (exact) mass is 316 g/mol. The predicted octanol–water partition coefficient (Wildman–Crippen LogP) is 2.70. The van der Waals surface area contributed by atoms with Crippen LogP contribution in [0.5, 0.6) is 0 Å². The van der Waals surface area contributed by atoms with E-state index in [2.05, 4.69) is 20.9 Å². The third kappa shape index (κ3) is 2.40. The Kier molecular flexibility index (Phi) is 3.86. The quantitative estimate of drug-likeness (QED) is 0.882. The molecule has 16 heavy (non-hydrogen) atoms. The van der Waals surface area contributed by atoms with Gasteiger partial charge in [0.2, 0.25) is 5.78 Å². The zero-order valence-corrected chi connectivity index (χ0v) is 11.5. The van der Waals surface area contributed by atoms with Crippen LogP contribution < -0.4 is 5.73 Å². The molecule has 0 saturated heterocycles. The number of halogens is 1. The number of rotatable bonds is 4. The van der Waals surface area contributed by atoms with Gasteiger partial charge in [-0.25, -0.2) is 4.98 Å². The molecular formula is C10H9BrN2OS2. The van der Waals surface area contributed by atoms with Crippen molar-refractivity contribution in [1.29, 1.82) is 0 Å². The summed E-state index contributed by atoms with van der Waals surface area (Å²) in [4.78, 5) is 17.0. The molecule has 2 heterocycles. The second-order valence-electron chi connectivity index (χ2n) is 3.09. The summed E-state index contributed by atoms with van der Waals surface area (Å²) in [6, 6.07) is 1.87. The van der Waals surface area contributed by atoms with Gasteiger partial charge in [0.15, 0.2) is 0 Å². The fourth-order valence-corrected chi connectivity index (χ4v) is 3.52. The maximum absolute atomic E-state index is 12.0. The van der Waals surface area contributed by atoms with Crippen molar-refractivity contribution < 1.29 is 4.79 Å². The van der Waals surface area contributed by atoms with Crippen LogP contribution in [0.3, 0.4) is 0 Å². The van der Waals surface area contributed by atoms with Crippen molar-refractivity contribution in [3.05, 3.63) is 36.9 Å². The minimum absolute atomic E-state index is 0.0265. The molecule has 2 N–H and O–H groups in total. The molecule has 3 nitrogen and oxygen atoms in total. The number of nitrogens with two attached hydrogens (primary N) is 1. The normalized spacial score (nSPS) is 10.6. The average molecular weight is 317 g/mol. The van der Waals surface area contributed by atoms with Crippen molar-refractivity contribution in [2.24, 2.45) is 5.73 Å². The van der Waals surface area contributed by atoms with Crippen LogP contribution in [-0.2, 0) is 6.42 Å². The summed E-state index contributed by atoms with van der Waals surface area (Å²) in [5.74, 6) is -0.0265. The molecule has 2 aromatic heterocycles. The van der Waals surface area contributed by atoms with Crippen LogP contribution in [0.1, 0.15) is 20.4 Å². The highest BCUT2D eigenvalue weighted by Gasteiger charge is 2.16. The third-order valence-corrected chi connectivity index (χ3v) is 4.71. The Morgan fingerprint density at radius 1 is 1.50 bits per heavy atom. The summed E-state index contributed by atoms with van der Waals surface area (Å²) in [5.41, 5.74) is 5.95. The van der Waals surface area contributed by atoms with E-state index in [0.29, 0.717) is 17.1 Å². The van der Waals surface area contributed by atoms with Crippen LogP contribution in [0.2, 0.25) is 0 Å². The van der Waals surface area contributed by atoms with Gasteiger partial charge >= 0.3 is 0 Å². The third-order valence-electron chi connectivity index (χ3n) is 1.97. The lowest BCUT2D eigenvalue weighted by Crippen LogP contribution is -2.04. The number of carbonyl (C=O) groups is 1. The SMILES string of the molecule is NCCc1nc(C(=O)c2sccc2Br)cs1. The molecule has 0 aliphatic rings. The van der Waals surface area contributed by atoms with Gasteiger partial charge in [0.05, 0.1) is 9.88 Å². The maximum atomic E-state index is 12.0. The molecule has 2 rings (SSSR count). The molecule has 84 valence electrons. The molecule has 0 amide bonds. The van der Waals surface area contributed by atoms with Crippen molar-refractivity contribution in [1.82, 2.24) is 4.98 Å². The van der Waals surface area contributed by atoms with Gasteiger partial charge in [-0.3, -0.25) is 4.79 Å². The van der Waals surface area contributed by atoms with Crippen molar-refractivity contribution in [3.63, 3.8) is 0 Å². The summed E-state index contributed by atoms with van der Waals surface area (Å²) in [5, 5.41) is 4.59. The van der Waals surface area contributed by atoms with Crippen molar-refractivity contribution in [2.75, 3.05) is 6.54 Å². The molecule has 0 aliphatic heterocycles. The lowest BCUT2D eigenvalue weighted by molar-refractivity contribution is 0.103. The number of aromatic nitrogens is 1. The molecule has 0 atom stereocenters. The first-order chi connectivity index (χ1) is 7.72. The molecular weight excluding hydrogens is 308 g/mol. The molecule has 0 radical (unpaired) electrons. The Hall–Kier alpha value is -0.560. The number of thiophene rings is 1. The Morgan fingerprint density at radius 3 is 2.94 bits per heavy atom. The molecule has 0 saturated carbocycles. The van der Waals surface area contributed by atoms with E-state index in [-0.39, 0.29) is 5.78 Å². The first-order valence-corrected chi connectivity index (χ1v) is 7.19. The molecule has 0 fully saturated rings. The van der Waals surface area contributed by atoms with Gasteiger partial charge in [-0.15, -0.1) is 22.7 Å². The fourth-order valence-electron chi connectivity index (χ4n) is 1.23. The van der Waals surface area contributed by atoms with E-state index in [1.165, 1.54) is 22.7 Å². The van der Waals surface area contributed by atoms with E-state index in [0.717, 1.165) is 15.9 Å². The second-order valence-corrected chi connectivity index (χ2v) is 5.81. The second kappa shape index (κ2) is 5.18. The van der Waals surface area contributed by atoms with Gasteiger partial charge < -0.3 is 5.73 Å². The lowest BCUT2D eigenvalue weighted by Gasteiger charge is -1.93. The molecule has 0 aromatic carbocycles. The lowest BCUT2D eigenvalue weighted by atomic mass is 10.2. The van der Waals surface area contributed by atoms with E-state index in [1.807, 2.05) is 11.4 Å². The summed E-state index contributed by atoms with van der Waals surface area (Å²) in [7, 11) is 0. The van der Waals surface area contributed by atoms with Crippen LogP contribution in [0.15, 0.2) is 21.3 Å². The molecule has 0 aliphatic carbocycles. The van der Waals surface area contributed by atoms with Crippen LogP contribution in [0.25, 0.3) is 0 Å². The topological polar surface area (TPSA) is 56.0 Å². The Bertz CT molecular complexity index is 506. The number of carbonyl (C=O) groups excluding carboxylic acids is 1. The van der Waals surface area contributed by atoms with Gasteiger partial charge in [-0.05, 0) is 33.9 Å². The average Bonchev–Trinajstić information content (AvgIpc) is 2.87. The number of thiazole rings is 1. The zero-order valence-electron chi connectivity index (χ0n) is 8.27. The van der Waals surface area contributed by atoms with E-state index >= 15 is 0 Å². The van der Waals surface area contributed by atoms with Gasteiger partial charge in [0.25, 0.3) is 0 Å². The number of nitrogens with zero attached hydrogens (tertiary/aromatic N) is 1. The Labute approximate surface area is 109 Å². The summed E-state index contributed by atoms with van der Waals surface area (Å²) in [6.07, 6.45) is 0.726. The molecule has 0 unspecified atom stereocenters. The van der Waals surface area contributed by atoms with E-state index in [4.69, 9.17) is 5.73 Å². The molecule has 0 spiro atoms. The first kappa shape index (κ1) is 11.9. The standard InChI is InChI=1S/C10H9BrN2OS2/c11-6-2-4-15-10(6)9(14)7-5-16-8(13-7)1-3-12/h2,4-5H,1,3,12H2. The van der Waals surface area contributed by atoms with E-state index in [9.17, 15) is 4.79 Å². The maximum Gasteiger partial charge on any atom is 0.223 e. The zero-order chi connectivity index (χ0) is 11.5. The van der Waals surface area contributed by atoms with Gasteiger partial charge in [-0.1, -0.05) is 0 Å². The number of hydrogen-bond donors (Lipinski definition) is 1. The highest BCUT2D eigenvalue weighted by Crippen LogP contribution is 2.26. The Balaban J connectivity index is 2.24. The first-order valence-electron chi connectivity index (χ1n) is 4.64. The molecule has 0 bridgehead atoms. The van der Waals surface area contributed by atoms with Crippen LogP contribution in [0, 0.1) is 0 Å². The highest BCUT2D eigenvalue weighted by atomic mass is 79.9. The van der Waals surface area contributed by atoms with E-state index in [1.54, 1.807) is 5.38 Å². The largest absolute Gasteiger partial charge is 0.330 e. The van der Waals surface area contributed by atoms with Crippen molar-refractivity contribution in [2.45, 2.75) is 6.42 Å². The van der Waals surface area contributed by atoms with Crippen LogP contribution in [0.4, 0.5) is 0 Å².